The van der Waals surface area contributed by atoms with Crippen LogP contribution in [0.15, 0.2) is 0 Å². The molecule has 3 nitrogen and oxygen atoms in total. The van der Waals surface area contributed by atoms with E-state index >= 15 is 0 Å². The molecule has 0 spiro atoms. The molecule has 1 N–H and O–H groups in total. The van der Waals surface area contributed by atoms with E-state index in [4.69, 9.17) is 0 Å². The summed E-state index contributed by atoms with van der Waals surface area (Å²) in [5.74, 6) is -0.704. The normalized spacial score (nSPS) is 12.7. The molecule has 51 valence electrons. The molecule has 0 bridgehead atoms. The molecule has 0 heterocycles. The van der Waals surface area contributed by atoms with Gasteiger partial charge in [0.15, 0.2) is 5.78 Å². The van der Waals surface area contributed by atoms with Crippen molar-refractivity contribution in [1.29, 1.82) is 0 Å². The molecule has 1 atom stereocenters. The summed E-state index contributed by atoms with van der Waals surface area (Å²) in [4.78, 5) is 20.5. The van der Waals surface area contributed by atoms with Crippen LogP contribution in [0.3, 0.4) is 0 Å². The van der Waals surface area contributed by atoms with Crippen LogP contribution in [-0.2, 0) is 9.59 Å². The van der Waals surface area contributed by atoms with E-state index in [1.54, 1.807) is 13.3 Å². The van der Waals surface area contributed by atoms with Crippen molar-refractivity contribution in [3.63, 3.8) is 0 Å². The van der Waals surface area contributed by atoms with Crippen LogP contribution in [0, 0.1) is 5.92 Å². The Hall–Kier alpha value is -0.700. The van der Waals surface area contributed by atoms with E-state index in [0.717, 1.165) is 0 Å². The summed E-state index contributed by atoms with van der Waals surface area (Å²) in [6.45, 7) is 1.78. The number of Topliss-reactive ketones (excluding diaryl/α,β-unsaturated/α-hetero) is 1. The van der Waals surface area contributed by atoms with Crippen LogP contribution in [0.5, 0.6) is 0 Å². The molecule has 0 aliphatic rings. The Morgan fingerprint density at radius 1 is 1.78 bits per heavy atom. The second-order valence-electron chi connectivity index (χ2n) is 1.84. The van der Waals surface area contributed by atoms with Crippen molar-refractivity contribution in [1.82, 2.24) is 5.32 Å². The zero-order valence-corrected chi connectivity index (χ0v) is 5.60. The van der Waals surface area contributed by atoms with Gasteiger partial charge in [0.25, 0.3) is 0 Å². The topological polar surface area (TPSA) is 46.2 Å². The van der Waals surface area contributed by atoms with Gasteiger partial charge in [-0.3, -0.25) is 9.59 Å². The van der Waals surface area contributed by atoms with Crippen molar-refractivity contribution in [3.8, 4) is 0 Å². The summed E-state index contributed by atoms with van der Waals surface area (Å²) < 4.78 is 0. The maximum Gasteiger partial charge on any atom is 0.209 e. The molecule has 0 aromatic heterocycles. The van der Waals surface area contributed by atoms with Crippen molar-refractivity contribution in [2.24, 2.45) is 5.92 Å². The van der Waals surface area contributed by atoms with Gasteiger partial charge < -0.3 is 5.32 Å². The van der Waals surface area contributed by atoms with E-state index in [1.165, 1.54) is 6.92 Å². The lowest BCUT2D eigenvalue weighted by atomic mass is 10.1. The Kier molecular flexibility index (Phi) is 3.88. The van der Waals surface area contributed by atoms with E-state index in [2.05, 4.69) is 5.32 Å². The molecule has 0 fully saturated rings. The zero-order valence-electron chi connectivity index (χ0n) is 5.60. The molecule has 9 heavy (non-hydrogen) atoms. The van der Waals surface area contributed by atoms with Crippen molar-refractivity contribution in [2.75, 3.05) is 13.6 Å². The molecule has 1 unspecified atom stereocenters. The first-order valence-corrected chi connectivity index (χ1v) is 2.77. The molecule has 0 aromatic rings. The molecule has 3 heteroatoms. The summed E-state index contributed by atoms with van der Waals surface area (Å²) in [7, 11) is 1.66. The number of carbonyl (C=O) groups excluding carboxylic acids is 2. The fourth-order valence-corrected chi connectivity index (χ4v) is 0.393. The van der Waals surface area contributed by atoms with Crippen LogP contribution in [-0.4, -0.2) is 25.7 Å². The predicted molar refractivity (Wildman–Crippen MR) is 33.8 cm³/mol. The minimum Gasteiger partial charge on any atom is -0.313 e. The summed E-state index contributed by atoms with van der Waals surface area (Å²) >= 11 is 0. The molecule has 0 rings (SSSR count). The smallest absolute Gasteiger partial charge is 0.209 e. The van der Waals surface area contributed by atoms with Gasteiger partial charge in [0.2, 0.25) is 6.29 Å². The van der Waals surface area contributed by atoms with Crippen LogP contribution in [0.1, 0.15) is 6.92 Å². The average molecular weight is 128 g/mol. The van der Waals surface area contributed by atoms with Crippen molar-refractivity contribution in [3.05, 3.63) is 0 Å². The molecule has 0 amide bonds. The maximum atomic E-state index is 10.6. The lowest BCUT2D eigenvalue weighted by Crippen LogP contribution is -2.24. The summed E-state index contributed by atoms with van der Waals surface area (Å²) in [6.07, 6.45) is 1.61. The molecular weight excluding hydrogens is 118 g/mol. The predicted octanol–water partition coefficient (Wildman–Crippen LogP) is -0.479. The van der Waals surface area contributed by atoms with Crippen LogP contribution in [0.2, 0.25) is 0 Å². The van der Waals surface area contributed by atoms with E-state index in [1.807, 2.05) is 0 Å². The average Bonchev–Trinajstić information content (AvgIpc) is 1.87. The molecule has 0 aliphatic heterocycles. The summed E-state index contributed by atoms with van der Waals surface area (Å²) in [5, 5.41) is 2.65. The van der Waals surface area contributed by atoms with Crippen molar-refractivity contribution >= 4 is 12.1 Å². The third-order valence-electron chi connectivity index (χ3n) is 1.01. The van der Waals surface area contributed by atoms with Crippen LogP contribution in [0.25, 0.3) is 0 Å². The lowest BCUT2D eigenvalue weighted by Gasteiger charge is -1.98. The Labute approximate surface area is 54.4 Å². The second-order valence-corrected chi connectivity index (χ2v) is 1.84. The van der Waals surface area contributed by atoms with Gasteiger partial charge in [-0.25, -0.2) is 0 Å². The minimum absolute atomic E-state index is 0.118. The van der Waals surface area contributed by atoms with E-state index in [0.29, 0.717) is 0 Å². The molecule has 0 aromatic carbocycles. The van der Waals surface area contributed by atoms with Gasteiger partial charge in [-0.15, -0.1) is 0 Å². The first-order valence-electron chi connectivity index (χ1n) is 2.77. The highest BCUT2D eigenvalue weighted by Crippen LogP contribution is 1.88. The van der Waals surface area contributed by atoms with Crippen LogP contribution >= 0.6 is 0 Å². The van der Waals surface area contributed by atoms with E-state index in [9.17, 15) is 9.59 Å². The second kappa shape index (κ2) is 4.21. The third kappa shape index (κ3) is 2.98. The quantitative estimate of drug-likeness (QED) is 0.520. The number of hydrogen-bond acceptors (Lipinski definition) is 3. The van der Waals surface area contributed by atoms with Crippen LogP contribution < -0.4 is 5.32 Å². The van der Waals surface area contributed by atoms with Gasteiger partial charge in [-0.2, -0.15) is 0 Å². The largest absolute Gasteiger partial charge is 0.313 e. The fraction of sp³-hybridized carbons (Fsp3) is 0.667. The first-order chi connectivity index (χ1) is 4.22. The molecule has 1 radical (unpaired) electrons. The Morgan fingerprint density at radius 3 is 2.67 bits per heavy atom. The first kappa shape index (κ1) is 8.30. The fourth-order valence-electron chi connectivity index (χ4n) is 0.393. The zero-order chi connectivity index (χ0) is 7.28. The Bertz CT molecular complexity index is 112. The van der Waals surface area contributed by atoms with Crippen molar-refractivity contribution < 1.29 is 9.59 Å². The number of hydrogen-bond donors (Lipinski definition) is 1. The van der Waals surface area contributed by atoms with Crippen molar-refractivity contribution in [2.45, 2.75) is 6.92 Å². The molecule has 0 aliphatic carbocycles. The number of ketones is 1. The summed E-state index contributed by atoms with van der Waals surface area (Å²) in [5.41, 5.74) is 0. The molecule has 0 saturated heterocycles. The van der Waals surface area contributed by atoms with Gasteiger partial charge in [0, 0.05) is 0 Å². The number of nitrogens with one attached hydrogen (secondary N) is 1. The minimum atomic E-state index is -0.586. The lowest BCUT2D eigenvalue weighted by molar-refractivity contribution is -0.119. The molecule has 0 saturated carbocycles. The third-order valence-corrected chi connectivity index (χ3v) is 1.01. The Balaban J connectivity index is 3.58. The van der Waals surface area contributed by atoms with E-state index < -0.39 is 5.92 Å². The van der Waals surface area contributed by atoms with Gasteiger partial charge in [-0.1, -0.05) is 0 Å². The number of rotatable bonds is 4. The Morgan fingerprint density at radius 2 is 2.33 bits per heavy atom. The number of carbonyl (C=O) groups is 1. The van der Waals surface area contributed by atoms with Gasteiger partial charge in [0.05, 0.1) is 12.5 Å². The van der Waals surface area contributed by atoms with E-state index in [-0.39, 0.29) is 12.3 Å². The van der Waals surface area contributed by atoms with Gasteiger partial charge in [-0.05, 0) is 14.0 Å². The highest BCUT2D eigenvalue weighted by molar-refractivity contribution is 5.94. The monoisotopic (exact) mass is 128 g/mol. The van der Waals surface area contributed by atoms with Crippen LogP contribution in [0.4, 0.5) is 0 Å². The number of likely N-dealkylation sites (N-methyl/N-ethyl adjacent to an activating group) is 1. The van der Waals surface area contributed by atoms with Gasteiger partial charge >= 0.3 is 0 Å². The standard InChI is InChI=1S/C6H10NO2/c1-5(4-8)6(9)3-7-2/h5,7H,3H2,1-2H3. The highest BCUT2D eigenvalue weighted by atomic mass is 16.1. The highest BCUT2D eigenvalue weighted by Gasteiger charge is 2.09. The molecular formula is C6H10NO2. The SMILES string of the molecule is CNCC(=O)C(C)[C]=O. The summed E-state index contributed by atoms with van der Waals surface area (Å²) in [6, 6.07) is 0. The maximum absolute atomic E-state index is 10.6. The van der Waals surface area contributed by atoms with Gasteiger partial charge in [0.1, 0.15) is 0 Å².